The molecule has 0 radical (unpaired) electrons. The van der Waals surface area contributed by atoms with Gasteiger partial charge in [-0.1, -0.05) is 34.0 Å². The topological polar surface area (TPSA) is 71.4 Å². The lowest BCUT2D eigenvalue weighted by atomic mass is 10.1. The smallest absolute Gasteiger partial charge is 0.217 e. The molecule has 0 aliphatic carbocycles. The second-order valence-electron chi connectivity index (χ2n) is 4.42. The highest BCUT2D eigenvalue weighted by atomic mass is 35.5. The number of nitrogens with two attached hydrogens (primary N) is 1. The van der Waals surface area contributed by atoms with E-state index < -0.39 is 0 Å². The molecule has 5 nitrogen and oxygen atoms in total. The van der Waals surface area contributed by atoms with E-state index in [0.717, 1.165) is 28.1 Å². The van der Waals surface area contributed by atoms with Gasteiger partial charge in [-0.25, -0.2) is 5.84 Å². The number of halogens is 1. The van der Waals surface area contributed by atoms with E-state index in [1.165, 1.54) is 10.2 Å². The molecule has 2 rings (SSSR count). The molecule has 0 spiro atoms. The zero-order valence-corrected chi connectivity index (χ0v) is 13.6. The number of hydrogen-bond acceptors (Lipinski definition) is 5. The van der Waals surface area contributed by atoms with E-state index in [0.29, 0.717) is 5.02 Å². The van der Waals surface area contributed by atoms with E-state index in [4.69, 9.17) is 17.4 Å². The van der Waals surface area contributed by atoms with Crippen LogP contribution >= 0.6 is 23.6 Å². The molecule has 0 unspecified atom stereocenters. The fourth-order valence-corrected chi connectivity index (χ4v) is 2.47. The van der Waals surface area contributed by atoms with Gasteiger partial charge in [-0.15, -0.1) is 0 Å². The third kappa shape index (κ3) is 6.33. The first-order chi connectivity index (χ1) is 9.93. The Morgan fingerprint density at radius 2 is 1.86 bits per heavy atom. The quantitative estimate of drug-likeness (QED) is 0.307. The van der Waals surface area contributed by atoms with Gasteiger partial charge in [-0.2, -0.15) is 4.33 Å². The fraction of sp³-hybridized carbons (Fsp3) is 0.214. The number of benzene rings is 1. The third-order valence-electron chi connectivity index (χ3n) is 2.54. The van der Waals surface area contributed by atoms with Crippen LogP contribution in [0.2, 0.25) is 5.02 Å². The standard InChI is InChI=1S/C9H12O3S.C5H6ClN2/c1-6-4-7(2)9(8(3)5-6)13-12-11-10;6-5-2-1-3-8(7)4-5/h4-5,10H,1-3H3;1-4H,7H2/q;+1/p-1. The molecule has 0 amide bonds. The molecule has 21 heavy (non-hydrogen) atoms. The molecular weight excluding hydrogens is 312 g/mol. The normalized spacial score (nSPS) is 9.95. The van der Waals surface area contributed by atoms with Crippen LogP contribution in [0.4, 0.5) is 0 Å². The van der Waals surface area contributed by atoms with E-state index >= 15 is 0 Å². The van der Waals surface area contributed by atoms with E-state index in [9.17, 15) is 5.26 Å². The predicted molar refractivity (Wildman–Crippen MR) is 80.5 cm³/mol. The molecule has 0 atom stereocenters. The van der Waals surface area contributed by atoms with Crippen molar-refractivity contribution < 1.29 is 19.3 Å². The van der Waals surface area contributed by atoms with Crippen LogP contribution in [0, 0.1) is 20.8 Å². The number of pyridine rings is 1. The second-order valence-corrected chi connectivity index (χ2v) is 5.56. The van der Waals surface area contributed by atoms with Crippen molar-refractivity contribution in [2.24, 2.45) is 0 Å². The SMILES string of the molecule is Cc1cc(C)c(SOO[O-])c(C)c1.N[n+]1cccc(Cl)c1. The van der Waals surface area contributed by atoms with Crippen molar-refractivity contribution in [3.05, 3.63) is 58.4 Å². The van der Waals surface area contributed by atoms with Gasteiger partial charge >= 0.3 is 0 Å². The fourth-order valence-electron chi connectivity index (χ4n) is 1.81. The number of nitrogens with zero attached hydrogens (tertiary/aromatic N) is 1. The maximum Gasteiger partial charge on any atom is 0.217 e. The van der Waals surface area contributed by atoms with Crippen LogP contribution in [0.25, 0.3) is 0 Å². The van der Waals surface area contributed by atoms with Crippen LogP contribution in [0.5, 0.6) is 0 Å². The Morgan fingerprint density at radius 1 is 1.24 bits per heavy atom. The van der Waals surface area contributed by atoms with Crippen molar-refractivity contribution in [3.63, 3.8) is 0 Å². The lowest BCUT2D eigenvalue weighted by Crippen LogP contribution is -2.43. The number of aromatic nitrogens is 1. The van der Waals surface area contributed by atoms with Gasteiger partial charge in [0.25, 0.3) is 0 Å². The molecule has 0 bridgehead atoms. The molecule has 114 valence electrons. The molecule has 0 saturated heterocycles. The lowest BCUT2D eigenvalue weighted by molar-refractivity contribution is -0.777. The molecule has 2 N–H and O–H groups in total. The summed E-state index contributed by atoms with van der Waals surface area (Å²) in [6.07, 6.45) is 3.34. The van der Waals surface area contributed by atoms with Gasteiger partial charge in [0.05, 0.1) is 12.0 Å². The minimum absolute atomic E-state index is 0.648. The average Bonchev–Trinajstić information content (AvgIpc) is 2.38. The maximum absolute atomic E-state index is 9.65. The van der Waals surface area contributed by atoms with Gasteiger partial charge in [0, 0.05) is 11.0 Å². The average molecular weight is 329 g/mol. The number of hydrogen-bond donors (Lipinski definition) is 1. The highest BCUT2D eigenvalue weighted by Crippen LogP contribution is 2.27. The van der Waals surface area contributed by atoms with Crippen molar-refractivity contribution in [3.8, 4) is 0 Å². The van der Waals surface area contributed by atoms with Crippen LogP contribution < -0.4 is 15.8 Å². The van der Waals surface area contributed by atoms with E-state index in [1.54, 1.807) is 24.5 Å². The van der Waals surface area contributed by atoms with E-state index in [-0.39, 0.29) is 0 Å². The highest BCUT2D eigenvalue weighted by molar-refractivity contribution is 7.94. The van der Waals surface area contributed by atoms with Gasteiger partial charge < -0.3 is 5.26 Å². The van der Waals surface area contributed by atoms with Gasteiger partial charge in [-0.3, -0.25) is 5.04 Å². The van der Waals surface area contributed by atoms with E-state index in [1.807, 2.05) is 32.9 Å². The predicted octanol–water partition coefficient (Wildman–Crippen LogP) is 2.18. The van der Waals surface area contributed by atoms with Gasteiger partial charge in [-0.05, 0) is 38.0 Å². The number of nitrogen functional groups attached to an aromatic ring is 1. The zero-order valence-electron chi connectivity index (χ0n) is 12.0. The summed E-state index contributed by atoms with van der Waals surface area (Å²) in [6, 6.07) is 7.61. The molecule has 2 aromatic rings. The molecule has 1 aromatic carbocycles. The first-order valence-corrected chi connectivity index (χ1v) is 7.19. The first kappa shape index (κ1) is 17.7. The summed E-state index contributed by atoms with van der Waals surface area (Å²) in [6.45, 7) is 5.96. The lowest BCUT2D eigenvalue weighted by Gasteiger charge is -2.10. The van der Waals surface area contributed by atoms with Gasteiger partial charge in [0.15, 0.2) is 6.20 Å². The minimum atomic E-state index is 0.648. The minimum Gasteiger partial charge on any atom is -0.691 e. The van der Waals surface area contributed by atoms with Crippen molar-refractivity contribution in [1.29, 1.82) is 0 Å². The van der Waals surface area contributed by atoms with Crippen molar-refractivity contribution in [2.45, 2.75) is 25.7 Å². The van der Waals surface area contributed by atoms with E-state index in [2.05, 4.69) is 9.37 Å². The first-order valence-electron chi connectivity index (χ1n) is 6.07. The Labute approximate surface area is 133 Å². The molecule has 0 aliphatic rings. The Bertz CT molecular complexity index is 556. The van der Waals surface area contributed by atoms with Gasteiger partial charge in [0.2, 0.25) is 6.20 Å². The van der Waals surface area contributed by atoms with Gasteiger partial charge in [0.1, 0.15) is 5.02 Å². The van der Waals surface area contributed by atoms with Crippen LogP contribution in [-0.2, 0) is 9.37 Å². The summed E-state index contributed by atoms with van der Waals surface area (Å²) in [5, 5.41) is 13.6. The Hall–Kier alpha value is -1.31. The second kappa shape index (κ2) is 8.86. The zero-order chi connectivity index (χ0) is 15.8. The summed E-state index contributed by atoms with van der Waals surface area (Å²) < 4.78 is 5.69. The van der Waals surface area contributed by atoms with Crippen LogP contribution in [0.3, 0.4) is 0 Å². The summed E-state index contributed by atoms with van der Waals surface area (Å²) >= 11 is 6.49. The largest absolute Gasteiger partial charge is 0.691 e. The van der Waals surface area contributed by atoms with Crippen LogP contribution in [0.15, 0.2) is 41.6 Å². The molecule has 0 aliphatic heterocycles. The summed E-state index contributed by atoms with van der Waals surface area (Å²) in [5.74, 6) is 5.29. The third-order valence-corrected chi connectivity index (χ3v) is 3.69. The van der Waals surface area contributed by atoms with Crippen molar-refractivity contribution in [1.82, 2.24) is 0 Å². The molecule has 1 heterocycles. The molecule has 1 aromatic heterocycles. The highest BCUT2D eigenvalue weighted by Gasteiger charge is 2.04. The van der Waals surface area contributed by atoms with Crippen LogP contribution in [-0.4, -0.2) is 0 Å². The maximum atomic E-state index is 9.65. The van der Waals surface area contributed by atoms with Crippen molar-refractivity contribution >= 4 is 23.6 Å². The summed E-state index contributed by atoms with van der Waals surface area (Å²) in [5.41, 5.74) is 3.36. The van der Waals surface area contributed by atoms with Crippen LogP contribution in [0.1, 0.15) is 16.7 Å². The monoisotopic (exact) mass is 328 g/mol. The molecule has 0 fully saturated rings. The summed E-state index contributed by atoms with van der Waals surface area (Å²) in [4.78, 5) is 0.932. The number of aryl methyl sites for hydroxylation is 3. The molecule has 0 saturated carbocycles. The number of rotatable bonds is 3. The Kier molecular flexibility index (Phi) is 7.49. The Balaban J connectivity index is 0.000000235. The van der Waals surface area contributed by atoms with Crippen molar-refractivity contribution in [2.75, 3.05) is 5.84 Å². The Morgan fingerprint density at radius 3 is 2.29 bits per heavy atom. The molecular formula is C14H17ClN2O3S. The summed E-state index contributed by atoms with van der Waals surface area (Å²) in [7, 11) is 0. The molecule has 7 heteroatoms.